The smallest absolute Gasteiger partial charge is 0.245 e. The number of unbranched alkanes of at least 4 members (excludes halogenated alkanes) is 1. The van der Waals surface area contributed by atoms with Gasteiger partial charge in [-0.1, -0.05) is 82.3 Å². The highest BCUT2D eigenvalue weighted by Crippen LogP contribution is 2.26. The number of H-pyrrole nitrogens is 1. The van der Waals surface area contributed by atoms with Crippen LogP contribution in [0.3, 0.4) is 0 Å². The third-order valence-corrected chi connectivity index (χ3v) is 14.8. The monoisotopic (exact) mass is 1060 g/mol. The Morgan fingerprint density at radius 2 is 1.35 bits per heavy atom. The van der Waals surface area contributed by atoms with Crippen LogP contribution in [0, 0.1) is 0 Å². The van der Waals surface area contributed by atoms with Gasteiger partial charge in [-0.15, -0.1) is 0 Å². The van der Waals surface area contributed by atoms with E-state index in [2.05, 4.69) is 36.9 Å². The Morgan fingerprint density at radius 1 is 0.743 bits per heavy atom. The third-order valence-electron chi connectivity index (χ3n) is 12.4. The number of benzene rings is 3. The van der Waals surface area contributed by atoms with Crippen molar-refractivity contribution in [3.63, 3.8) is 0 Å². The zero-order valence-electron chi connectivity index (χ0n) is 41.3. The molecule has 22 nitrogen and oxygen atoms in total. The van der Waals surface area contributed by atoms with E-state index in [-0.39, 0.29) is 49.5 Å². The molecule has 0 spiro atoms. The van der Waals surface area contributed by atoms with Crippen molar-refractivity contribution in [3.05, 3.63) is 102 Å². The summed E-state index contributed by atoms with van der Waals surface area (Å²) in [5.74, 6) is -7.56. The first-order chi connectivity index (χ1) is 35.3. The molecule has 8 amide bonds. The summed E-state index contributed by atoms with van der Waals surface area (Å²) in [6.07, 6.45) is -0.745. The number of aromatic amines is 1. The van der Waals surface area contributed by atoms with Gasteiger partial charge < -0.3 is 74.3 Å². The lowest BCUT2D eigenvalue weighted by Crippen LogP contribution is -2.62. The standard InChI is InChI=1S/C50H67N11O11S2/c1-27(62)41(43(53)65)59-47(69)39-25-73-74-26-40(61(3)50(72)34(52)21-30-16-18-32(64)19-17-30)48(70)57-37(22-29-11-5-4-6-12-29)45(67)56-38(23-31-24-54-35-14-8-7-13-33(31)35)46(68)55-36(15-9-10-20-51)44(66)60-42(28(2)63)49(71)58-39/h4-8,11-14,16-19,24,27-28,34,36-42,54,62-64H,9-10,15,20-23,25-26,51-52H2,1-3H3,(H2,53,65)(H,55,68)(H,56,67)(H,57,70)(H,58,71)(H,59,69)(H,60,66)/t27-,28-,34+,36+,37?,38-,39?,40+,41+,42?/m1/s1. The number of primary amides is 1. The minimum Gasteiger partial charge on any atom is -0.508 e. The van der Waals surface area contributed by atoms with Gasteiger partial charge in [0.15, 0.2) is 0 Å². The fraction of sp³-hybridized carbons (Fsp3) is 0.440. The van der Waals surface area contributed by atoms with Gasteiger partial charge in [-0.05, 0) is 81.0 Å². The van der Waals surface area contributed by atoms with Crippen molar-refractivity contribution in [1.82, 2.24) is 41.8 Å². The number of carbonyl (C=O) groups is 8. The van der Waals surface area contributed by atoms with Gasteiger partial charge in [0.2, 0.25) is 47.3 Å². The van der Waals surface area contributed by atoms with E-state index in [1.165, 1.54) is 33.0 Å². The molecule has 1 aromatic heterocycles. The predicted molar refractivity (Wildman–Crippen MR) is 280 cm³/mol. The molecule has 4 aromatic rings. The third kappa shape index (κ3) is 16.7. The number of aromatic hydroxyl groups is 1. The highest BCUT2D eigenvalue weighted by molar-refractivity contribution is 8.76. The van der Waals surface area contributed by atoms with Crippen molar-refractivity contribution in [2.75, 3.05) is 25.1 Å². The number of aliphatic hydroxyl groups excluding tert-OH is 2. The number of hydrogen-bond acceptors (Lipinski definition) is 15. The second kappa shape index (κ2) is 28.1. The molecule has 5 rings (SSSR count). The molecule has 1 aliphatic rings. The minimum absolute atomic E-state index is 0.00231. The van der Waals surface area contributed by atoms with Crippen molar-refractivity contribution in [2.45, 2.75) is 113 Å². The van der Waals surface area contributed by atoms with Gasteiger partial charge in [-0.3, -0.25) is 38.4 Å². The first-order valence-electron chi connectivity index (χ1n) is 24.1. The Hall–Kier alpha value is -6.70. The lowest BCUT2D eigenvalue weighted by molar-refractivity contribution is -0.140. The van der Waals surface area contributed by atoms with Gasteiger partial charge >= 0.3 is 0 Å². The number of nitrogens with one attached hydrogen (secondary N) is 7. The molecular weight excluding hydrogens is 995 g/mol. The number of rotatable bonds is 17. The number of carbonyl (C=O) groups excluding carboxylic acids is 8. The lowest BCUT2D eigenvalue weighted by atomic mass is 10.0. The van der Waals surface area contributed by atoms with E-state index in [0.717, 1.165) is 37.4 Å². The van der Waals surface area contributed by atoms with Gasteiger partial charge in [-0.25, -0.2) is 0 Å². The van der Waals surface area contributed by atoms with Gasteiger partial charge in [0.1, 0.15) is 48.0 Å². The second-order valence-electron chi connectivity index (χ2n) is 18.1. The van der Waals surface area contributed by atoms with Crippen LogP contribution in [0.5, 0.6) is 5.75 Å². The molecule has 400 valence electrons. The SMILES string of the molecule is C[C@@H](O)C1NC(=O)[C@H](CCCCN)NC(=O)[C@@H](Cc2c[nH]c3ccccc23)NC(=O)C(Cc2ccccc2)NC(=O)[C@@H](N(C)C(=O)[C@@H](N)Cc2ccc(O)cc2)CSSCC(C(=O)N[C@H](C(N)=O)[C@@H](C)O)NC1=O. The van der Waals surface area contributed by atoms with Crippen LogP contribution in [0.25, 0.3) is 10.9 Å². The number of likely N-dealkylation sites (N-methyl/N-ethyl adjacent to an activating group) is 1. The van der Waals surface area contributed by atoms with Crippen molar-refractivity contribution in [3.8, 4) is 5.75 Å². The Labute approximate surface area is 436 Å². The molecule has 3 unspecified atom stereocenters. The van der Waals surface area contributed by atoms with Crippen molar-refractivity contribution in [1.29, 1.82) is 0 Å². The summed E-state index contributed by atoms with van der Waals surface area (Å²) in [4.78, 5) is 117. The molecule has 0 saturated carbocycles. The summed E-state index contributed by atoms with van der Waals surface area (Å²) in [6, 6.07) is 10.6. The Balaban J connectivity index is 1.59. The topological polar surface area (TPSA) is 367 Å². The highest BCUT2D eigenvalue weighted by atomic mass is 33.1. The number of phenols is 1. The van der Waals surface area contributed by atoms with E-state index >= 15 is 0 Å². The number of nitrogens with zero attached hydrogens (tertiary/aromatic N) is 1. The Kier molecular flexibility index (Phi) is 22.1. The van der Waals surface area contributed by atoms with E-state index in [1.54, 1.807) is 48.7 Å². The summed E-state index contributed by atoms with van der Waals surface area (Å²) < 4.78 is 0. The van der Waals surface area contributed by atoms with Gasteiger partial charge in [0.05, 0.1) is 18.2 Å². The maximum Gasteiger partial charge on any atom is 0.245 e. The molecule has 0 radical (unpaired) electrons. The number of phenolic OH excluding ortho intramolecular Hbond substituents is 1. The van der Waals surface area contributed by atoms with Crippen LogP contribution >= 0.6 is 21.6 Å². The molecular formula is C50H67N11O11S2. The zero-order chi connectivity index (χ0) is 54.1. The van der Waals surface area contributed by atoms with Crippen LogP contribution in [0.1, 0.15) is 49.8 Å². The molecule has 74 heavy (non-hydrogen) atoms. The van der Waals surface area contributed by atoms with E-state index in [9.17, 15) is 53.7 Å². The Bertz CT molecular complexity index is 2570. The quantitative estimate of drug-likeness (QED) is 0.0434. The maximum atomic E-state index is 14.8. The Morgan fingerprint density at radius 3 is 2.00 bits per heavy atom. The number of hydrogen-bond donors (Lipinski definition) is 13. The van der Waals surface area contributed by atoms with E-state index in [1.807, 2.05) is 24.3 Å². The number of fused-ring (bicyclic) bond motifs is 1. The minimum atomic E-state index is -1.72. The van der Waals surface area contributed by atoms with Gasteiger partial charge in [0, 0.05) is 48.5 Å². The van der Waals surface area contributed by atoms with Crippen molar-refractivity contribution < 1.29 is 53.7 Å². The second-order valence-corrected chi connectivity index (χ2v) is 20.7. The number of nitrogens with two attached hydrogens (primary N) is 3. The highest BCUT2D eigenvalue weighted by Gasteiger charge is 2.38. The number of aromatic nitrogens is 1. The van der Waals surface area contributed by atoms with Crippen LogP contribution in [0.15, 0.2) is 85.1 Å². The average Bonchev–Trinajstić information content (AvgIpc) is 3.78. The fourth-order valence-electron chi connectivity index (χ4n) is 8.13. The first kappa shape index (κ1) is 58.2. The molecule has 1 aliphatic heterocycles. The predicted octanol–water partition coefficient (Wildman–Crippen LogP) is -1.26. The molecule has 2 heterocycles. The molecule has 1 saturated heterocycles. The summed E-state index contributed by atoms with van der Waals surface area (Å²) in [7, 11) is 3.32. The summed E-state index contributed by atoms with van der Waals surface area (Å²) in [5.41, 5.74) is 20.3. The number of aliphatic hydroxyl groups is 2. The van der Waals surface area contributed by atoms with Crippen molar-refractivity contribution >= 4 is 79.7 Å². The average molecular weight is 1060 g/mol. The van der Waals surface area contributed by atoms with Crippen molar-refractivity contribution in [2.24, 2.45) is 17.2 Å². The maximum absolute atomic E-state index is 14.8. The zero-order valence-corrected chi connectivity index (χ0v) is 43.0. The molecule has 0 bridgehead atoms. The van der Waals surface area contributed by atoms with E-state index in [4.69, 9.17) is 17.2 Å². The van der Waals surface area contributed by atoms with Crippen LogP contribution in [-0.4, -0.2) is 158 Å². The summed E-state index contributed by atoms with van der Waals surface area (Å²) >= 11 is 0. The van der Waals surface area contributed by atoms with E-state index in [0.29, 0.717) is 29.5 Å². The summed E-state index contributed by atoms with van der Waals surface area (Å²) in [5, 5.41) is 47.5. The van der Waals surface area contributed by atoms with E-state index < -0.39 is 108 Å². The van der Waals surface area contributed by atoms with Gasteiger partial charge in [-0.2, -0.15) is 0 Å². The molecule has 3 aromatic carbocycles. The molecule has 16 N–H and O–H groups in total. The normalized spacial score (nSPS) is 22.3. The van der Waals surface area contributed by atoms with Crippen LogP contribution in [-0.2, 0) is 57.6 Å². The molecule has 0 aliphatic carbocycles. The molecule has 24 heteroatoms. The number of amides is 8. The molecule has 10 atom stereocenters. The van der Waals surface area contributed by atoms with Crippen LogP contribution < -0.4 is 49.1 Å². The fourth-order valence-corrected chi connectivity index (χ4v) is 10.6. The van der Waals surface area contributed by atoms with Gasteiger partial charge in [0.25, 0.3) is 0 Å². The van der Waals surface area contributed by atoms with Crippen LogP contribution in [0.2, 0.25) is 0 Å². The number of para-hydroxylation sites is 1. The largest absolute Gasteiger partial charge is 0.508 e. The molecule has 1 fully saturated rings. The first-order valence-corrected chi connectivity index (χ1v) is 26.6. The van der Waals surface area contributed by atoms with Crippen LogP contribution in [0.4, 0.5) is 0 Å². The summed E-state index contributed by atoms with van der Waals surface area (Å²) in [6.45, 7) is 2.68. The lowest BCUT2D eigenvalue weighted by Gasteiger charge is -2.31.